The van der Waals surface area contributed by atoms with E-state index in [1.165, 1.54) is 0 Å². The molecule has 0 spiro atoms. The number of hydrogen-bond acceptors (Lipinski definition) is 1. The maximum absolute atomic E-state index is 4.08. The molecule has 0 amide bonds. The lowest BCUT2D eigenvalue weighted by Crippen LogP contribution is -1.56. The summed E-state index contributed by atoms with van der Waals surface area (Å²) in [7, 11) is 0. The van der Waals surface area contributed by atoms with Crippen LogP contribution in [0.3, 0.4) is 0 Å². The van der Waals surface area contributed by atoms with Crippen molar-refractivity contribution in [1.82, 2.24) is 0 Å². The minimum absolute atomic E-state index is 0. The Labute approximate surface area is 73.5 Å². The molecule has 0 aliphatic heterocycles. The standard InChI is InChI=1S/C6H6S.C3H6.H2O/c7-6-4-2-1-3-5-6;1-3-2;/h1-5,7H;3H,1H2,2H3;1H2. The van der Waals surface area contributed by atoms with Crippen LogP contribution >= 0.6 is 12.6 Å². The Morgan fingerprint density at radius 3 is 1.82 bits per heavy atom. The fourth-order valence-corrected chi connectivity index (χ4v) is 0.600. The summed E-state index contributed by atoms with van der Waals surface area (Å²) in [6.07, 6.45) is 1.75. The summed E-state index contributed by atoms with van der Waals surface area (Å²) in [5.74, 6) is 0. The van der Waals surface area contributed by atoms with Gasteiger partial charge in [0.1, 0.15) is 0 Å². The Morgan fingerprint density at radius 1 is 1.27 bits per heavy atom. The maximum Gasteiger partial charge on any atom is 0.00399 e. The molecule has 2 N–H and O–H groups in total. The second-order valence-corrected chi connectivity index (χ2v) is 2.26. The van der Waals surface area contributed by atoms with Crippen LogP contribution in [0.15, 0.2) is 47.9 Å². The molecule has 11 heavy (non-hydrogen) atoms. The highest BCUT2D eigenvalue weighted by molar-refractivity contribution is 7.80. The summed E-state index contributed by atoms with van der Waals surface area (Å²) in [5.41, 5.74) is 0. The summed E-state index contributed by atoms with van der Waals surface area (Å²) in [6.45, 7) is 5.25. The van der Waals surface area contributed by atoms with Crippen LogP contribution in [-0.4, -0.2) is 5.48 Å². The summed E-state index contributed by atoms with van der Waals surface area (Å²) in [4.78, 5) is 1.02. The highest BCUT2D eigenvalue weighted by Gasteiger charge is 1.73. The van der Waals surface area contributed by atoms with Crippen LogP contribution in [0, 0.1) is 0 Å². The van der Waals surface area contributed by atoms with E-state index in [2.05, 4.69) is 19.2 Å². The average Bonchev–Trinajstić information content (AvgIpc) is 1.91. The first-order valence-corrected chi connectivity index (χ1v) is 3.57. The van der Waals surface area contributed by atoms with Gasteiger partial charge in [-0.1, -0.05) is 24.3 Å². The van der Waals surface area contributed by atoms with E-state index >= 15 is 0 Å². The van der Waals surface area contributed by atoms with Crippen LogP contribution in [0.5, 0.6) is 0 Å². The number of benzene rings is 1. The molecule has 1 aromatic carbocycles. The first-order valence-electron chi connectivity index (χ1n) is 3.12. The topological polar surface area (TPSA) is 31.5 Å². The Bertz CT molecular complexity index is 172. The summed E-state index contributed by atoms with van der Waals surface area (Å²) >= 11 is 4.08. The second kappa shape index (κ2) is 9.27. The molecule has 0 aromatic heterocycles. The minimum Gasteiger partial charge on any atom is -0.412 e. The van der Waals surface area contributed by atoms with Gasteiger partial charge in [0.25, 0.3) is 0 Å². The molecule has 0 bridgehead atoms. The lowest BCUT2D eigenvalue weighted by atomic mass is 10.4. The van der Waals surface area contributed by atoms with E-state index in [-0.39, 0.29) is 5.48 Å². The van der Waals surface area contributed by atoms with Gasteiger partial charge in [-0.15, -0.1) is 19.2 Å². The van der Waals surface area contributed by atoms with E-state index in [4.69, 9.17) is 0 Å². The van der Waals surface area contributed by atoms with Gasteiger partial charge in [-0.05, 0) is 19.1 Å². The Morgan fingerprint density at radius 2 is 1.64 bits per heavy atom. The van der Waals surface area contributed by atoms with Crippen molar-refractivity contribution in [3.63, 3.8) is 0 Å². The van der Waals surface area contributed by atoms with E-state index in [1.54, 1.807) is 6.08 Å². The third-order valence-corrected chi connectivity index (χ3v) is 1.05. The molecular formula is C9H14OS. The Hall–Kier alpha value is -0.730. The van der Waals surface area contributed by atoms with Crippen LogP contribution < -0.4 is 0 Å². The van der Waals surface area contributed by atoms with Gasteiger partial charge in [0.2, 0.25) is 0 Å². The van der Waals surface area contributed by atoms with Crippen LogP contribution in [0.1, 0.15) is 6.92 Å². The quantitative estimate of drug-likeness (QED) is 0.458. The molecule has 0 atom stereocenters. The van der Waals surface area contributed by atoms with Crippen LogP contribution in [0.2, 0.25) is 0 Å². The zero-order valence-electron chi connectivity index (χ0n) is 6.62. The summed E-state index contributed by atoms with van der Waals surface area (Å²) < 4.78 is 0. The van der Waals surface area contributed by atoms with Crippen molar-refractivity contribution in [2.75, 3.05) is 0 Å². The molecule has 0 saturated heterocycles. The highest BCUT2D eigenvalue weighted by Crippen LogP contribution is 2.00. The fraction of sp³-hybridized carbons (Fsp3) is 0.111. The average molecular weight is 170 g/mol. The van der Waals surface area contributed by atoms with Crippen molar-refractivity contribution in [2.24, 2.45) is 0 Å². The van der Waals surface area contributed by atoms with Gasteiger partial charge >= 0.3 is 0 Å². The van der Waals surface area contributed by atoms with Gasteiger partial charge in [-0.3, -0.25) is 0 Å². The third-order valence-electron chi connectivity index (χ3n) is 0.756. The monoisotopic (exact) mass is 170 g/mol. The molecule has 0 heterocycles. The maximum atomic E-state index is 4.08. The van der Waals surface area contributed by atoms with Crippen molar-refractivity contribution in [3.05, 3.63) is 43.0 Å². The molecule has 1 aromatic rings. The zero-order chi connectivity index (χ0) is 7.82. The largest absolute Gasteiger partial charge is 0.412 e. The molecular weight excluding hydrogens is 156 g/mol. The van der Waals surface area contributed by atoms with Gasteiger partial charge in [0.05, 0.1) is 0 Å². The van der Waals surface area contributed by atoms with Crippen molar-refractivity contribution in [3.8, 4) is 0 Å². The molecule has 0 aliphatic carbocycles. The normalized spacial score (nSPS) is 6.73. The smallest absolute Gasteiger partial charge is 0.00399 e. The molecule has 1 nitrogen and oxygen atoms in total. The van der Waals surface area contributed by atoms with Gasteiger partial charge in [-0.25, -0.2) is 0 Å². The fourth-order valence-electron chi connectivity index (χ4n) is 0.428. The Kier molecular flexibility index (Phi) is 10.9. The Balaban J connectivity index is 0. The predicted molar refractivity (Wildman–Crippen MR) is 53.2 cm³/mol. The zero-order valence-corrected chi connectivity index (χ0v) is 7.51. The number of rotatable bonds is 0. The molecule has 0 aliphatic rings. The minimum atomic E-state index is 0. The SMILES string of the molecule is C=CC.O.Sc1ccccc1. The summed E-state index contributed by atoms with van der Waals surface area (Å²) in [6, 6.07) is 9.79. The van der Waals surface area contributed by atoms with Crippen molar-refractivity contribution >= 4 is 12.6 Å². The van der Waals surface area contributed by atoms with Crippen LogP contribution in [0.25, 0.3) is 0 Å². The number of hydrogen-bond donors (Lipinski definition) is 1. The molecule has 62 valence electrons. The predicted octanol–water partition coefficient (Wildman–Crippen LogP) is 2.34. The van der Waals surface area contributed by atoms with Crippen LogP contribution in [-0.2, 0) is 0 Å². The lowest BCUT2D eigenvalue weighted by molar-refractivity contribution is 0.824. The van der Waals surface area contributed by atoms with E-state index in [1.807, 2.05) is 37.3 Å². The first-order chi connectivity index (χ1) is 4.81. The second-order valence-electron chi connectivity index (χ2n) is 1.74. The van der Waals surface area contributed by atoms with Crippen molar-refractivity contribution < 1.29 is 5.48 Å². The van der Waals surface area contributed by atoms with Gasteiger partial charge in [-0.2, -0.15) is 0 Å². The molecule has 0 fully saturated rings. The third kappa shape index (κ3) is 9.27. The highest BCUT2D eigenvalue weighted by atomic mass is 32.1. The van der Waals surface area contributed by atoms with Crippen molar-refractivity contribution in [2.45, 2.75) is 11.8 Å². The van der Waals surface area contributed by atoms with Crippen LogP contribution in [0.4, 0.5) is 0 Å². The molecule has 2 heteroatoms. The van der Waals surface area contributed by atoms with Gasteiger partial charge in [0, 0.05) is 4.90 Å². The van der Waals surface area contributed by atoms with E-state index < -0.39 is 0 Å². The van der Waals surface area contributed by atoms with E-state index in [9.17, 15) is 0 Å². The summed E-state index contributed by atoms with van der Waals surface area (Å²) in [5, 5.41) is 0. The number of thiol groups is 1. The number of allylic oxidation sites excluding steroid dienone is 1. The molecule has 0 radical (unpaired) electrons. The van der Waals surface area contributed by atoms with E-state index in [0.717, 1.165) is 4.90 Å². The molecule has 0 unspecified atom stereocenters. The van der Waals surface area contributed by atoms with E-state index in [0.29, 0.717) is 0 Å². The van der Waals surface area contributed by atoms with Gasteiger partial charge in [0.15, 0.2) is 0 Å². The lowest BCUT2D eigenvalue weighted by Gasteiger charge is -1.81. The van der Waals surface area contributed by atoms with Gasteiger partial charge < -0.3 is 5.48 Å². The molecule has 0 saturated carbocycles. The molecule has 1 rings (SSSR count). The van der Waals surface area contributed by atoms with Crippen molar-refractivity contribution in [1.29, 1.82) is 0 Å². The first kappa shape index (κ1) is 12.9.